The van der Waals surface area contributed by atoms with Crippen LogP contribution in [0.1, 0.15) is 5.69 Å². The molecular weight excluding hydrogens is 174 g/mol. The fourth-order valence-electron chi connectivity index (χ4n) is 1.54. The van der Waals surface area contributed by atoms with Crippen LogP contribution < -0.4 is 5.73 Å². The third-order valence-electron chi connectivity index (χ3n) is 2.20. The van der Waals surface area contributed by atoms with Gasteiger partial charge in [-0.2, -0.15) is 5.10 Å². The molecule has 0 radical (unpaired) electrons. The van der Waals surface area contributed by atoms with Crippen LogP contribution >= 0.6 is 0 Å². The predicted molar refractivity (Wildman–Crippen MR) is 58.8 cm³/mol. The van der Waals surface area contributed by atoms with E-state index in [2.05, 4.69) is 17.2 Å². The molecule has 0 spiro atoms. The van der Waals surface area contributed by atoms with E-state index < -0.39 is 0 Å². The lowest BCUT2D eigenvalue weighted by atomic mass is 10.2. The van der Waals surface area contributed by atoms with E-state index in [9.17, 15) is 0 Å². The Hall–Kier alpha value is -1.61. The van der Waals surface area contributed by atoms with Gasteiger partial charge in [0, 0.05) is 19.0 Å². The monoisotopic (exact) mass is 187 g/mol. The maximum Gasteiger partial charge on any atom is 0.0926 e. The van der Waals surface area contributed by atoms with Gasteiger partial charge in [-0.1, -0.05) is 24.3 Å². The number of hydrogen-bond acceptors (Lipinski definition) is 2. The molecule has 0 unspecified atom stereocenters. The average Bonchev–Trinajstić information content (AvgIpc) is 2.54. The summed E-state index contributed by atoms with van der Waals surface area (Å²) in [5.41, 5.74) is 7.53. The number of aromatic nitrogens is 2. The van der Waals surface area contributed by atoms with Crippen molar-refractivity contribution in [3.63, 3.8) is 0 Å². The summed E-state index contributed by atoms with van der Waals surface area (Å²) < 4.78 is 1.88. The largest absolute Gasteiger partial charge is 0.327 e. The minimum absolute atomic E-state index is 0.547. The molecule has 72 valence electrons. The summed E-state index contributed by atoms with van der Waals surface area (Å²) in [5, 5.41) is 5.57. The molecule has 2 rings (SSSR count). The first-order chi connectivity index (χ1) is 6.83. The molecule has 0 saturated carbocycles. The topological polar surface area (TPSA) is 43.8 Å². The third-order valence-corrected chi connectivity index (χ3v) is 2.20. The van der Waals surface area contributed by atoms with Crippen LogP contribution in [0.2, 0.25) is 0 Å². The first-order valence-corrected chi connectivity index (χ1v) is 4.61. The second kappa shape index (κ2) is 3.64. The van der Waals surface area contributed by atoms with E-state index in [0.29, 0.717) is 6.54 Å². The molecule has 0 amide bonds. The summed E-state index contributed by atoms with van der Waals surface area (Å²) in [6.45, 7) is 0.547. The standard InChI is InChI=1S/C11H13N3/c1-14-11-7-3-2-5-9(11)10(13-14)6-4-8-12/h2-7H,8,12H2,1H3/b6-4+. The lowest BCUT2D eigenvalue weighted by molar-refractivity contribution is 0.793. The summed E-state index contributed by atoms with van der Waals surface area (Å²) in [4.78, 5) is 0. The van der Waals surface area contributed by atoms with Crippen molar-refractivity contribution in [2.45, 2.75) is 0 Å². The van der Waals surface area contributed by atoms with E-state index in [1.807, 2.05) is 36.0 Å². The maximum atomic E-state index is 5.41. The summed E-state index contributed by atoms with van der Waals surface area (Å²) >= 11 is 0. The van der Waals surface area contributed by atoms with Gasteiger partial charge in [0.25, 0.3) is 0 Å². The van der Waals surface area contributed by atoms with Gasteiger partial charge in [-0.15, -0.1) is 0 Å². The zero-order valence-electron chi connectivity index (χ0n) is 8.14. The molecule has 14 heavy (non-hydrogen) atoms. The Morgan fingerprint density at radius 3 is 3.00 bits per heavy atom. The lowest BCUT2D eigenvalue weighted by Crippen LogP contribution is -1.92. The number of hydrogen-bond donors (Lipinski definition) is 1. The van der Waals surface area contributed by atoms with E-state index in [1.54, 1.807) is 0 Å². The molecule has 0 saturated heterocycles. The van der Waals surface area contributed by atoms with Crippen LogP contribution in [-0.2, 0) is 7.05 Å². The highest BCUT2D eigenvalue weighted by Gasteiger charge is 2.03. The average molecular weight is 187 g/mol. The van der Waals surface area contributed by atoms with E-state index >= 15 is 0 Å². The summed E-state index contributed by atoms with van der Waals surface area (Å²) in [6.07, 6.45) is 3.87. The van der Waals surface area contributed by atoms with Crippen molar-refractivity contribution in [2.75, 3.05) is 6.54 Å². The zero-order chi connectivity index (χ0) is 9.97. The Balaban J connectivity index is 2.61. The number of nitrogens with two attached hydrogens (primary N) is 1. The fraction of sp³-hybridized carbons (Fsp3) is 0.182. The Kier molecular flexibility index (Phi) is 2.33. The van der Waals surface area contributed by atoms with Crippen LogP contribution in [-0.4, -0.2) is 16.3 Å². The van der Waals surface area contributed by atoms with Gasteiger partial charge in [0.05, 0.1) is 11.2 Å². The first-order valence-electron chi connectivity index (χ1n) is 4.61. The zero-order valence-corrected chi connectivity index (χ0v) is 8.14. The van der Waals surface area contributed by atoms with Gasteiger partial charge in [0.15, 0.2) is 0 Å². The molecule has 2 aromatic rings. The second-order valence-corrected chi connectivity index (χ2v) is 3.16. The van der Waals surface area contributed by atoms with Crippen LogP contribution in [0.3, 0.4) is 0 Å². The summed E-state index contributed by atoms with van der Waals surface area (Å²) in [5.74, 6) is 0. The Morgan fingerprint density at radius 2 is 2.21 bits per heavy atom. The molecule has 2 N–H and O–H groups in total. The molecule has 1 heterocycles. The fourth-order valence-corrected chi connectivity index (χ4v) is 1.54. The van der Waals surface area contributed by atoms with Crippen molar-refractivity contribution in [3.8, 4) is 0 Å². The van der Waals surface area contributed by atoms with Gasteiger partial charge in [0.2, 0.25) is 0 Å². The SMILES string of the molecule is Cn1nc(/C=C/CN)c2ccccc21. The quantitative estimate of drug-likeness (QED) is 0.775. The number of rotatable bonds is 2. The first kappa shape index (κ1) is 8.97. The Labute approximate surface area is 82.8 Å². The molecule has 0 aliphatic heterocycles. The van der Waals surface area contributed by atoms with Crippen molar-refractivity contribution >= 4 is 17.0 Å². The summed E-state index contributed by atoms with van der Waals surface area (Å²) in [6, 6.07) is 8.16. The van der Waals surface area contributed by atoms with Crippen molar-refractivity contribution in [3.05, 3.63) is 36.0 Å². The molecule has 0 fully saturated rings. The lowest BCUT2D eigenvalue weighted by Gasteiger charge is -1.90. The smallest absolute Gasteiger partial charge is 0.0926 e. The maximum absolute atomic E-state index is 5.41. The Bertz CT molecular complexity index is 468. The molecular formula is C11H13N3. The van der Waals surface area contributed by atoms with Crippen molar-refractivity contribution in [2.24, 2.45) is 12.8 Å². The molecule has 0 aliphatic carbocycles. The van der Waals surface area contributed by atoms with Crippen molar-refractivity contribution < 1.29 is 0 Å². The number of nitrogens with zero attached hydrogens (tertiary/aromatic N) is 2. The van der Waals surface area contributed by atoms with Gasteiger partial charge in [-0.3, -0.25) is 4.68 Å². The third kappa shape index (κ3) is 1.42. The van der Waals surface area contributed by atoms with Crippen LogP contribution in [0.15, 0.2) is 30.3 Å². The Morgan fingerprint density at radius 1 is 1.43 bits per heavy atom. The van der Waals surface area contributed by atoms with E-state index in [1.165, 1.54) is 5.39 Å². The second-order valence-electron chi connectivity index (χ2n) is 3.16. The van der Waals surface area contributed by atoms with Crippen LogP contribution in [0, 0.1) is 0 Å². The molecule has 1 aromatic carbocycles. The predicted octanol–water partition coefficient (Wildman–Crippen LogP) is 1.55. The molecule has 1 aromatic heterocycles. The highest BCUT2D eigenvalue weighted by atomic mass is 15.3. The minimum Gasteiger partial charge on any atom is -0.327 e. The number of para-hydroxylation sites is 1. The van der Waals surface area contributed by atoms with Crippen LogP contribution in [0.4, 0.5) is 0 Å². The number of fused-ring (bicyclic) bond motifs is 1. The molecule has 0 aliphatic rings. The van der Waals surface area contributed by atoms with Crippen molar-refractivity contribution in [1.82, 2.24) is 9.78 Å². The highest BCUT2D eigenvalue weighted by molar-refractivity contribution is 5.87. The minimum atomic E-state index is 0.547. The van der Waals surface area contributed by atoms with Gasteiger partial charge in [0.1, 0.15) is 0 Å². The van der Waals surface area contributed by atoms with Crippen LogP contribution in [0.25, 0.3) is 17.0 Å². The van der Waals surface area contributed by atoms with Crippen LogP contribution in [0.5, 0.6) is 0 Å². The highest BCUT2D eigenvalue weighted by Crippen LogP contribution is 2.18. The molecule has 0 atom stereocenters. The van der Waals surface area contributed by atoms with Gasteiger partial charge in [-0.05, 0) is 12.1 Å². The van der Waals surface area contributed by atoms with Gasteiger partial charge < -0.3 is 5.73 Å². The molecule has 0 bridgehead atoms. The van der Waals surface area contributed by atoms with E-state index in [-0.39, 0.29) is 0 Å². The van der Waals surface area contributed by atoms with Gasteiger partial charge in [-0.25, -0.2) is 0 Å². The molecule has 3 heteroatoms. The van der Waals surface area contributed by atoms with Gasteiger partial charge >= 0.3 is 0 Å². The number of aryl methyl sites for hydroxylation is 1. The van der Waals surface area contributed by atoms with Crippen molar-refractivity contribution in [1.29, 1.82) is 0 Å². The van der Waals surface area contributed by atoms with E-state index in [0.717, 1.165) is 11.2 Å². The summed E-state index contributed by atoms with van der Waals surface area (Å²) in [7, 11) is 1.95. The molecule has 3 nitrogen and oxygen atoms in total. The normalized spacial score (nSPS) is 11.6. The van der Waals surface area contributed by atoms with E-state index in [4.69, 9.17) is 5.73 Å². The number of benzene rings is 1.